The Morgan fingerprint density at radius 1 is 1.47 bits per heavy atom. The Labute approximate surface area is 102 Å². The van der Waals surface area contributed by atoms with E-state index in [1.807, 2.05) is 37.3 Å². The molecule has 0 fully saturated rings. The van der Waals surface area contributed by atoms with Crippen molar-refractivity contribution in [1.82, 2.24) is 0 Å². The van der Waals surface area contributed by atoms with Crippen molar-refractivity contribution in [3.05, 3.63) is 53.8 Å². The standard InChI is InChI=1S/C14H15N3/c1-3-5-9-13(4-2)16-17-14-10-7-6-8-12(14)11-15/h1,4-10H,11,15H2,2H3/b9-5-,13-4+,17-16+. The first-order valence-electron chi connectivity index (χ1n) is 5.30. The smallest absolute Gasteiger partial charge is 0.0901 e. The number of nitrogens with zero attached hydrogens (tertiary/aromatic N) is 2. The lowest BCUT2D eigenvalue weighted by atomic mass is 10.2. The van der Waals surface area contributed by atoms with Gasteiger partial charge in [0.1, 0.15) is 0 Å². The second-order valence-corrected chi connectivity index (χ2v) is 3.25. The first-order valence-corrected chi connectivity index (χ1v) is 5.30. The summed E-state index contributed by atoms with van der Waals surface area (Å²) in [6, 6.07) is 7.64. The second kappa shape index (κ2) is 7.15. The normalized spacial score (nSPS) is 12.2. The van der Waals surface area contributed by atoms with E-state index in [0.29, 0.717) is 6.54 Å². The summed E-state index contributed by atoms with van der Waals surface area (Å²) in [5, 5.41) is 8.26. The van der Waals surface area contributed by atoms with E-state index in [1.165, 1.54) is 0 Å². The van der Waals surface area contributed by atoms with Crippen LogP contribution < -0.4 is 5.73 Å². The molecule has 1 aromatic rings. The van der Waals surface area contributed by atoms with Crippen LogP contribution >= 0.6 is 0 Å². The zero-order chi connectivity index (χ0) is 12.5. The summed E-state index contributed by atoms with van der Waals surface area (Å²) in [4.78, 5) is 0. The molecular weight excluding hydrogens is 210 g/mol. The Bertz CT molecular complexity index is 490. The number of nitrogens with two attached hydrogens (primary N) is 1. The van der Waals surface area contributed by atoms with Crippen LogP contribution in [0.15, 0.2) is 58.4 Å². The Morgan fingerprint density at radius 2 is 2.24 bits per heavy atom. The predicted molar refractivity (Wildman–Crippen MR) is 70.6 cm³/mol. The van der Waals surface area contributed by atoms with Gasteiger partial charge < -0.3 is 5.73 Å². The van der Waals surface area contributed by atoms with E-state index in [1.54, 1.807) is 12.2 Å². The summed E-state index contributed by atoms with van der Waals surface area (Å²) >= 11 is 0. The third-order valence-corrected chi connectivity index (χ3v) is 2.13. The van der Waals surface area contributed by atoms with Crippen LogP contribution in [0, 0.1) is 12.3 Å². The molecule has 0 heterocycles. The first kappa shape index (κ1) is 12.9. The van der Waals surface area contributed by atoms with Gasteiger partial charge in [0, 0.05) is 6.54 Å². The van der Waals surface area contributed by atoms with Gasteiger partial charge >= 0.3 is 0 Å². The van der Waals surface area contributed by atoms with E-state index >= 15 is 0 Å². The van der Waals surface area contributed by atoms with E-state index in [4.69, 9.17) is 12.2 Å². The summed E-state index contributed by atoms with van der Waals surface area (Å²) in [6.07, 6.45) is 10.3. The monoisotopic (exact) mass is 225 g/mol. The summed E-state index contributed by atoms with van der Waals surface area (Å²) in [7, 11) is 0. The Morgan fingerprint density at radius 3 is 2.88 bits per heavy atom. The molecule has 3 nitrogen and oxygen atoms in total. The highest BCUT2D eigenvalue weighted by atomic mass is 15.1. The van der Waals surface area contributed by atoms with Crippen molar-refractivity contribution < 1.29 is 0 Å². The number of hydrogen-bond acceptors (Lipinski definition) is 3. The number of allylic oxidation sites excluding steroid dienone is 3. The van der Waals surface area contributed by atoms with Crippen LogP contribution in [0.2, 0.25) is 0 Å². The molecule has 1 aromatic carbocycles. The maximum absolute atomic E-state index is 5.61. The molecule has 86 valence electrons. The van der Waals surface area contributed by atoms with Crippen molar-refractivity contribution >= 4 is 5.69 Å². The van der Waals surface area contributed by atoms with Crippen molar-refractivity contribution in [2.45, 2.75) is 13.5 Å². The number of hydrogen-bond donors (Lipinski definition) is 1. The molecule has 0 bridgehead atoms. The summed E-state index contributed by atoms with van der Waals surface area (Å²) in [5.74, 6) is 2.41. The van der Waals surface area contributed by atoms with Crippen LogP contribution in [-0.2, 0) is 6.54 Å². The summed E-state index contributed by atoms with van der Waals surface area (Å²) < 4.78 is 0. The first-order chi connectivity index (χ1) is 8.31. The molecule has 1 rings (SSSR count). The van der Waals surface area contributed by atoms with Gasteiger partial charge in [-0.1, -0.05) is 30.2 Å². The van der Waals surface area contributed by atoms with Crippen LogP contribution in [0.5, 0.6) is 0 Å². The Kier molecular flexibility index (Phi) is 5.42. The molecule has 0 saturated carbocycles. The van der Waals surface area contributed by atoms with Crippen molar-refractivity contribution in [2.75, 3.05) is 0 Å². The lowest BCUT2D eigenvalue weighted by molar-refractivity contribution is 1.05. The van der Waals surface area contributed by atoms with Gasteiger partial charge in [-0.3, -0.25) is 0 Å². The highest BCUT2D eigenvalue weighted by Crippen LogP contribution is 2.19. The fraction of sp³-hybridized carbons (Fsp3) is 0.143. The Balaban J connectivity index is 2.90. The minimum absolute atomic E-state index is 0.445. The van der Waals surface area contributed by atoms with E-state index in [0.717, 1.165) is 16.9 Å². The number of benzene rings is 1. The third-order valence-electron chi connectivity index (χ3n) is 2.13. The van der Waals surface area contributed by atoms with Crippen molar-refractivity contribution in [3.63, 3.8) is 0 Å². The quantitative estimate of drug-likeness (QED) is 0.477. The van der Waals surface area contributed by atoms with E-state index in [-0.39, 0.29) is 0 Å². The molecule has 0 spiro atoms. The molecular formula is C14H15N3. The van der Waals surface area contributed by atoms with Crippen LogP contribution in [0.4, 0.5) is 5.69 Å². The molecule has 0 atom stereocenters. The molecule has 0 aliphatic carbocycles. The van der Waals surface area contributed by atoms with Crippen molar-refractivity contribution in [3.8, 4) is 12.3 Å². The molecule has 0 radical (unpaired) electrons. The maximum atomic E-state index is 5.61. The zero-order valence-corrected chi connectivity index (χ0v) is 9.80. The SMILES string of the molecule is C#C\C=C/C(=C\C)/N=N/c1ccccc1CN. The zero-order valence-electron chi connectivity index (χ0n) is 9.80. The molecule has 3 heteroatoms. The maximum Gasteiger partial charge on any atom is 0.0901 e. The van der Waals surface area contributed by atoms with Gasteiger partial charge in [0.15, 0.2) is 0 Å². The highest BCUT2D eigenvalue weighted by Gasteiger charge is 1.97. The highest BCUT2D eigenvalue weighted by molar-refractivity contribution is 5.45. The molecule has 0 unspecified atom stereocenters. The minimum atomic E-state index is 0.445. The largest absolute Gasteiger partial charge is 0.326 e. The molecule has 0 aliphatic heterocycles. The minimum Gasteiger partial charge on any atom is -0.326 e. The van der Waals surface area contributed by atoms with Gasteiger partial charge in [-0.05, 0) is 30.7 Å². The van der Waals surface area contributed by atoms with Crippen LogP contribution in [0.25, 0.3) is 0 Å². The van der Waals surface area contributed by atoms with Crippen LogP contribution in [0.1, 0.15) is 12.5 Å². The molecule has 2 N–H and O–H groups in total. The number of azo groups is 1. The van der Waals surface area contributed by atoms with Crippen LogP contribution in [-0.4, -0.2) is 0 Å². The van der Waals surface area contributed by atoms with Crippen molar-refractivity contribution in [2.24, 2.45) is 16.0 Å². The molecule has 17 heavy (non-hydrogen) atoms. The van der Waals surface area contributed by atoms with E-state index in [9.17, 15) is 0 Å². The lowest BCUT2D eigenvalue weighted by Gasteiger charge is -2.00. The average Bonchev–Trinajstić information content (AvgIpc) is 2.39. The number of terminal acetylenes is 1. The number of rotatable bonds is 4. The van der Waals surface area contributed by atoms with Gasteiger partial charge in [0.25, 0.3) is 0 Å². The van der Waals surface area contributed by atoms with Gasteiger partial charge in [0.2, 0.25) is 0 Å². The molecule has 0 aliphatic rings. The van der Waals surface area contributed by atoms with Crippen LogP contribution in [0.3, 0.4) is 0 Å². The third kappa shape index (κ3) is 4.06. The predicted octanol–water partition coefficient (Wildman–Crippen LogP) is 3.32. The molecule has 0 saturated heterocycles. The molecule has 0 amide bonds. The fourth-order valence-electron chi connectivity index (χ4n) is 1.21. The van der Waals surface area contributed by atoms with Gasteiger partial charge in [-0.25, -0.2) is 0 Å². The Hall–Kier alpha value is -2.18. The van der Waals surface area contributed by atoms with Gasteiger partial charge in [-0.2, -0.15) is 10.2 Å². The average molecular weight is 225 g/mol. The lowest BCUT2D eigenvalue weighted by Crippen LogP contribution is -1.95. The van der Waals surface area contributed by atoms with Gasteiger partial charge in [-0.15, -0.1) is 6.42 Å². The topological polar surface area (TPSA) is 50.7 Å². The van der Waals surface area contributed by atoms with E-state index < -0.39 is 0 Å². The van der Waals surface area contributed by atoms with Gasteiger partial charge in [0.05, 0.1) is 11.4 Å². The fourth-order valence-corrected chi connectivity index (χ4v) is 1.21. The summed E-state index contributed by atoms with van der Waals surface area (Å²) in [6.45, 7) is 2.32. The van der Waals surface area contributed by atoms with E-state index in [2.05, 4.69) is 16.1 Å². The summed E-state index contributed by atoms with van der Waals surface area (Å²) in [5.41, 5.74) is 8.08. The second-order valence-electron chi connectivity index (χ2n) is 3.25. The van der Waals surface area contributed by atoms with Crippen molar-refractivity contribution in [1.29, 1.82) is 0 Å². The molecule has 0 aromatic heterocycles.